The summed E-state index contributed by atoms with van der Waals surface area (Å²) < 4.78 is 0. The summed E-state index contributed by atoms with van der Waals surface area (Å²) in [6.07, 6.45) is 0. The van der Waals surface area contributed by atoms with Crippen molar-refractivity contribution in [2.45, 2.75) is 5.92 Å². The number of para-hydroxylation sites is 1. The lowest BCUT2D eigenvalue weighted by molar-refractivity contribution is -0.136. The normalized spacial score (nSPS) is 18.6. The molecular weight excluding hydrogens is 166 g/mol. The Balaban J connectivity index is 2.24. The quantitative estimate of drug-likeness (QED) is 0.689. The van der Waals surface area contributed by atoms with Gasteiger partial charge in [-0.2, -0.15) is 0 Å². The van der Waals surface area contributed by atoms with E-state index in [4.69, 9.17) is 5.11 Å². The second-order valence-corrected chi connectivity index (χ2v) is 3.27. The van der Waals surface area contributed by atoms with Gasteiger partial charge in [-0.1, -0.05) is 18.2 Å². The van der Waals surface area contributed by atoms with Gasteiger partial charge in [-0.3, -0.25) is 4.79 Å². The first kappa shape index (κ1) is 6.71. The van der Waals surface area contributed by atoms with Gasteiger partial charge in [-0.15, -0.1) is 0 Å². The van der Waals surface area contributed by atoms with Crippen molar-refractivity contribution < 1.29 is 9.90 Å². The highest BCUT2D eigenvalue weighted by Gasteiger charge is 2.43. The molecule has 2 N–H and O–H groups in total. The molecule has 0 saturated heterocycles. The van der Waals surface area contributed by atoms with Gasteiger partial charge in [0.05, 0.1) is 0 Å². The van der Waals surface area contributed by atoms with E-state index in [2.05, 4.69) is 4.98 Å². The van der Waals surface area contributed by atoms with Crippen LogP contribution in [0.3, 0.4) is 0 Å². The van der Waals surface area contributed by atoms with Gasteiger partial charge < -0.3 is 10.1 Å². The van der Waals surface area contributed by atoms with E-state index >= 15 is 0 Å². The largest absolute Gasteiger partial charge is 0.480 e. The lowest BCUT2D eigenvalue weighted by Gasteiger charge is -1.93. The second-order valence-electron chi connectivity index (χ2n) is 3.27. The predicted molar refractivity (Wildman–Crippen MR) is 47.8 cm³/mol. The molecule has 1 aliphatic rings. The number of carbonyl (C=O) groups is 1. The minimum atomic E-state index is -0.757. The van der Waals surface area contributed by atoms with Gasteiger partial charge in [-0.05, 0) is 6.07 Å². The van der Waals surface area contributed by atoms with E-state index in [0.29, 0.717) is 0 Å². The van der Waals surface area contributed by atoms with E-state index in [1.54, 1.807) is 0 Å². The number of carboxylic acids is 1. The fourth-order valence-corrected chi connectivity index (χ4v) is 1.88. The van der Waals surface area contributed by atoms with Crippen molar-refractivity contribution in [1.29, 1.82) is 0 Å². The Morgan fingerprint density at radius 1 is 1.38 bits per heavy atom. The summed E-state index contributed by atoms with van der Waals surface area (Å²) in [4.78, 5) is 13.8. The Labute approximate surface area is 74.0 Å². The van der Waals surface area contributed by atoms with Crippen LogP contribution in [0.25, 0.3) is 10.9 Å². The van der Waals surface area contributed by atoms with Gasteiger partial charge in [0.25, 0.3) is 0 Å². The second kappa shape index (κ2) is 1.93. The molecule has 0 fully saturated rings. The minimum Gasteiger partial charge on any atom is -0.480 e. The smallest absolute Gasteiger partial charge is 0.317 e. The lowest BCUT2D eigenvalue weighted by Crippen LogP contribution is -1.97. The van der Waals surface area contributed by atoms with Crippen molar-refractivity contribution in [3.8, 4) is 0 Å². The Kier molecular flexibility index (Phi) is 0.999. The van der Waals surface area contributed by atoms with Gasteiger partial charge >= 0.3 is 5.97 Å². The van der Waals surface area contributed by atoms with Gasteiger partial charge in [0.2, 0.25) is 0 Å². The standard InChI is InChI=1S/C10H7NO2/c12-10(13)8-7-5-3-1-2-4-6(5)11-9(7)8/h1-4,8,11H,(H,12,13). The third-order valence-electron chi connectivity index (χ3n) is 2.52. The van der Waals surface area contributed by atoms with Crippen LogP contribution in [0.1, 0.15) is 17.2 Å². The van der Waals surface area contributed by atoms with Gasteiger partial charge in [-0.25, -0.2) is 0 Å². The van der Waals surface area contributed by atoms with Crippen molar-refractivity contribution in [2.75, 3.05) is 0 Å². The third-order valence-corrected chi connectivity index (χ3v) is 2.52. The van der Waals surface area contributed by atoms with Crippen LogP contribution in [0, 0.1) is 0 Å². The van der Waals surface area contributed by atoms with Crippen molar-refractivity contribution >= 4 is 16.9 Å². The number of benzene rings is 1. The molecule has 1 atom stereocenters. The highest BCUT2D eigenvalue weighted by Crippen LogP contribution is 2.47. The number of fused-ring (bicyclic) bond motifs is 3. The van der Waals surface area contributed by atoms with Crippen LogP contribution >= 0.6 is 0 Å². The number of hydrogen-bond donors (Lipinski definition) is 2. The third kappa shape index (κ3) is 0.710. The summed E-state index contributed by atoms with van der Waals surface area (Å²) in [6, 6.07) is 7.77. The molecule has 1 aliphatic carbocycles. The molecule has 1 heterocycles. The zero-order chi connectivity index (χ0) is 9.00. The van der Waals surface area contributed by atoms with Crippen LogP contribution in [-0.2, 0) is 4.79 Å². The molecule has 1 aromatic heterocycles. The minimum absolute atomic E-state index is 0.366. The Hall–Kier alpha value is -1.77. The fourth-order valence-electron chi connectivity index (χ4n) is 1.88. The summed E-state index contributed by atoms with van der Waals surface area (Å²) in [6.45, 7) is 0. The summed E-state index contributed by atoms with van der Waals surface area (Å²) in [5, 5.41) is 9.85. The molecule has 3 heteroatoms. The maximum absolute atomic E-state index is 10.7. The van der Waals surface area contributed by atoms with E-state index in [-0.39, 0.29) is 5.92 Å². The summed E-state index contributed by atoms with van der Waals surface area (Å²) in [5.74, 6) is -1.12. The molecule has 3 rings (SSSR count). The molecule has 0 amide bonds. The lowest BCUT2D eigenvalue weighted by atomic mass is 10.2. The maximum Gasteiger partial charge on any atom is 0.317 e. The van der Waals surface area contributed by atoms with E-state index < -0.39 is 5.97 Å². The van der Waals surface area contributed by atoms with Crippen LogP contribution in [0.4, 0.5) is 0 Å². The Morgan fingerprint density at radius 3 is 2.92 bits per heavy atom. The Bertz CT molecular complexity index is 513. The first-order valence-corrected chi connectivity index (χ1v) is 4.12. The Morgan fingerprint density at radius 2 is 2.15 bits per heavy atom. The van der Waals surface area contributed by atoms with Crippen LogP contribution in [0.15, 0.2) is 24.3 Å². The average molecular weight is 173 g/mol. The van der Waals surface area contributed by atoms with Crippen LogP contribution in [-0.4, -0.2) is 16.1 Å². The van der Waals surface area contributed by atoms with Crippen LogP contribution < -0.4 is 0 Å². The number of H-pyrrole nitrogens is 1. The molecule has 0 aliphatic heterocycles. The molecular formula is C10H7NO2. The van der Waals surface area contributed by atoms with Crippen molar-refractivity contribution in [3.05, 3.63) is 35.5 Å². The first-order chi connectivity index (χ1) is 6.29. The number of nitrogens with one attached hydrogen (secondary N) is 1. The molecule has 2 aromatic rings. The van der Waals surface area contributed by atoms with Crippen molar-refractivity contribution in [3.63, 3.8) is 0 Å². The molecule has 0 radical (unpaired) electrons. The van der Waals surface area contributed by atoms with Crippen molar-refractivity contribution in [1.82, 2.24) is 4.98 Å². The molecule has 0 bridgehead atoms. The topological polar surface area (TPSA) is 53.1 Å². The number of aromatic amines is 1. The fraction of sp³-hybridized carbons (Fsp3) is 0.100. The van der Waals surface area contributed by atoms with Gasteiger partial charge in [0, 0.05) is 22.2 Å². The molecule has 0 spiro atoms. The number of hydrogen-bond acceptors (Lipinski definition) is 1. The van der Waals surface area contributed by atoms with Crippen LogP contribution in [0.5, 0.6) is 0 Å². The highest BCUT2D eigenvalue weighted by atomic mass is 16.4. The summed E-state index contributed by atoms with van der Waals surface area (Å²) in [5.41, 5.74) is 2.86. The summed E-state index contributed by atoms with van der Waals surface area (Å²) in [7, 11) is 0. The zero-order valence-corrected chi connectivity index (χ0v) is 6.74. The molecule has 0 saturated carbocycles. The SMILES string of the molecule is O=C(O)C1c2[nH]c3ccccc3c21. The summed E-state index contributed by atoms with van der Waals surface area (Å²) >= 11 is 0. The zero-order valence-electron chi connectivity index (χ0n) is 6.74. The molecule has 1 unspecified atom stereocenters. The maximum atomic E-state index is 10.7. The van der Waals surface area contributed by atoms with E-state index in [9.17, 15) is 4.79 Å². The molecule has 64 valence electrons. The average Bonchev–Trinajstić information content (AvgIpc) is 2.71. The van der Waals surface area contributed by atoms with Crippen LogP contribution in [0.2, 0.25) is 0 Å². The number of rotatable bonds is 1. The first-order valence-electron chi connectivity index (χ1n) is 4.12. The van der Waals surface area contributed by atoms with Crippen molar-refractivity contribution in [2.24, 2.45) is 0 Å². The van der Waals surface area contributed by atoms with Gasteiger partial charge in [0.1, 0.15) is 5.92 Å². The molecule has 1 aromatic carbocycles. The number of carboxylic acid groups (broad SMARTS) is 1. The highest BCUT2D eigenvalue weighted by molar-refractivity contribution is 6.00. The van der Waals surface area contributed by atoms with E-state index in [1.165, 1.54) is 0 Å². The van der Waals surface area contributed by atoms with Gasteiger partial charge in [0.15, 0.2) is 0 Å². The van der Waals surface area contributed by atoms with E-state index in [0.717, 1.165) is 22.2 Å². The predicted octanol–water partition coefficient (Wildman–Crippen LogP) is 1.70. The number of aliphatic carboxylic acids is 1. The van der Waals surface area contributed by atoms with E-state index in [1.807, 2.05) is 24.3 Å². The molecule has 13 heavy (non-hydrogen) atoms. The monoisotopic (exact) mass is 173 g/mol. The number of aromatic nitrogens is 1. The molecule has 3 nitrogen and oxygen atoms in total.